The Morgan fingerprint density at radius 3 is 2.85 bits per heavy atom. The summed E-state index contributed by atoms with van der Waals surface area (Å²) in [4.78, 5) is 6.94. The van der Waals surface area contributed by atoms with Gasteiger partial charge in [0.2, 0.25) is 0 Å². The van der Waals surface area contributed by atoms with Gasteiger partial charge in [0, 0.05) is 57.5 Å². The second-order valence-corrected chi connectivity index (χ2v) is 8.34. The standard InChI is InChI=1S/C20H34N6O/c1-4-27-18-11-17(20(18)8-6-9-20)24-19(21-2)23-15-7-5-10-26(13-15)16-12-22-25(3)14-16/h12,14-15,17-18H,4-11,13H2,1-3H3,(H2,21,23,24). The van der Waals surface area contributed by atoms with E-state index in [2.05, 4.69) is 38.7 Å². The molecule has 7 heteroatoms. The number of nitrogens with zero attached hydrogens (tertiary/aromatic N) is 4. The molecule has 2 saturated carbocycles. The van der Waals surface area contributed by atoms with Crippen molar-refractivity contribution >= 4 is 11.6 Å². The summed E-state index contributed by atoms with van der Waals surface area (Å²) in [7, 11) is 3.85. The second kappa shape index (κ2) is 7.70. The number of hydrogen-bond donors (Lipinski definition) is 2. The predicted octanol–water partition coefficient (Wildman–Crippen LogP) is 1.90. The molecule has 7 nitrogen and oxygen atoms in total. The van der Waals surface area contributed by atoms with Crippen molar-refractivity contribution in [3.05, 3.63) is 12.4 Å². The maximum atomic E-state index is 5.98. The van der Waals surface area contributed by atoms with Crippen molar-refractivity contribution in [1.29, 1.82) is 0 Å². The van der Waals surface area contributed by atoms with Crippen LogP contribution in [0.3, 0.4) is 0 Å². The van der Waals surface area contributed by atoms with Gasteiger partial charge in [-0.05, 0) is 39.0 Å². The van der Waals surface area contributed by atoms with Crippen LogP contribution < -0.4 is 15.5 Å². The normalized spacial score (nSPS) is 30.0. The summed E-state index contributed by atoms with van der Waals surface area (Å²) in [6.45, 7) is 5.00. The van der Waals surface area contributed by atoms with Crippen LogP contribution in [-0.2, 0) is 11.8 Å². The van der Waals surface area contributed by atoms with Crippen LogP contribution in [0.25, 0.3) is 0 Å². The molecule has 0 amide bonds. The molecule has 0 radical (unpaired) electrons. The smallest absolute Gasteiger partial charge is 0.191 e. The summed E-state index contributed by atoms with van der Waals surface area (Å²) in [5.74, 6) is 0.944. The van der Waals surface area contributed by atoms with Crippen LogP contribution in [-0.4, -0.2) is 60.7 Å². The van der Waals surface area contributed by atoms with Gasteiger partial charge in [-0.3, -0.25) is 9.67 Å². The highest BCUT2D eigenvalue weighted by atomic mass is 16.5. The van der Waals surface area contributed by atoms with Crippen LogP contribution in [0.15, 0.2) is 17.4 Å². The number of aryl methyl sites for hydroxylation is 1. The van der Waals surface area contributed by atoms with Crippen molar-refractivity contribution in [3.63, 3.8) is 0 Å². The molecule has 1 spiro atoms. The first-order valence-electron chi connectivity index (χ1n) is 10.5. The Hall–Kier alpha value is -1.76. The van der Waals surface area contributed by atoms with Crippen LogP contribution >= 0.6 is 0 Å². The molecular formula is C20H34N6O. The van der Waals surface area contributed by atoms with E-state index in [1.165, 1.54) is 37.8 Å². The molecule has 0 aromatic carbocycles. The van der Waals surface area contributed by atoms with Crippen LogP contribution in [0.2, 0.25) is 0 Å². The van der Waals surface area contributed by atoms with Gasteiger partial charge in [0.15, 0.2) is 5.96 Å². The summed E-state index contributed by atoms with van der Waals surface area (Å²) in [6.07, 6.45) is 11.8. The molecule has 2 heterocycles. The third kappa shape index (κ3) is 3.53. The number of aromatic nitrogens is 2. The van der Waals surface area contributed by atoms with Gasteiger partial charge in [-0.15, -0.1) is 0 Å². The molecule has 3 aliphatic rings. The van der Waals surface area contributed by atoms with Gasteiger partial charge < -0.3 is 20.3 Å². The molecule has 4 rings (SSSR count). The van der Waals surface area contributed by atoms with Gasteiger partial charge in [-0.1, -0.05) is 6.42 Å². The molecule has 27 heavy (non-hydrogen) atoms. The van der Waals surface area contributed by atoms with Gasteiger partial charge in [-0.25, -0.2) is 0 Å². The predicted molar refractivity (Wildman–Crippen MR) is 108 cm³/mol. The zero-order chi connectivity index (χ0) is 18.9. The summed E-state index contributed by atoms with van der Waals surface area (Å²) >= 11 is 0. The third-order valence-electron chi connectivity index (χ3n) is 6.79. The second-order valence-electron chi connectivity index (χ2n) is 8.34. The Balaban J connectivity index is 1.33. The molecule has 0 bridgehead atoms. The van der Waals surface area contributed by atoms with E-state index in [1.807, 2.05) is 25.0 Å². The van der Waals surface area contributed by atoms with Crippen molar-refractivity contribution in [2.75, 3.05) is 31.6 Å². The van der Waals surface area contributed by atoms with Crippen LogP contribution in [0.1, 0.15) is 45.4 Å². The molecular weight excluding hydrogens is 340 g/mol. The summed E-state index contributed by atoms with van der Waals surface area (Å²) in [5.41, 5.74) is 1.56. The first-order valence-corrected chi connectivity index (χ1v) is 10.5. The SMILES string of the molecule is CCOC1CC(NC(=NC)NC2CCCN(c3cnn(C)c3)C2)C12CCC2. The lowest BCUT2D eigenvalue weighted by Crippen LogP contribution is -2.69. The first-order chi connectivity index (χ1) is 13.1. The maximum Gasteiger partial charge on any atom is 0.191 e. The number of guanidine groups is 1. The van der Waals surface area contributed by atoms with E-state index in [9.17, 15) is 0 Å². The van der Waals surface area contributed by atoms with E-state index < -0.39 is 0 Å². The van der Waals surface area contributed by atoms with E-state index in [0.717, 1.165) is 32.1 Å². The highest BCUT2D eigenvalue weighted by Crippen LogP contribution is 2.57. The number of nitrogens with one attached hydrogen (secondary N) is 2. The number of rotatable bonds is 5. The third-order valence-corrected chi connectivity index (χ3v) is 6.79. The molecule has 2 aliphatic carbocycles. The number of anilines is 1. The minimum absolute atomic E-state index is 0.349. The average Bonchev–Trinajstić information content (AvgIpc) is 3.05. The monoisotopic (exact) mass is 374 g/mol. The first kappa shape index (κ1) is 18.6. The largest absolute Gasteiger partial charge is 0.378 e. The van der Waals surface area contributed by atoms with Crippen LogP contribution in [0.5, 0.6) is 0 Å². The van der Waals surface area contributed by atoms with Crippen LogP contribution in [0, 0.1) is 5.41 Å². The minimum atomic E-state index is 0.349. The van der Waals surface area contributed by atoms with Gasteiger partial charge >= 0.3 is 0 Å². The highest BCUT2D eigenvalue weighted by Gasteiger charge is 2.59. The number of piperidine rings is 1. The Labute approximate surface area is 162 Å². The molecule has 2 N–H and O–H groups in total. The lowest BCUT2D eigenvalue weighted by Gasteiger charge is -2.61. The fraction of sp³-hybridized carbons (Fsp3) is 0.800. The van der Waals surface area contributed by atoms with Crippen molar-refractivity contribution in [3.8, 4) is 0 Å². The van der Waals surface area contributed by atoms with E-state index in [4.69, 9.17) is 4.74 Å². The molecule has 1 aliphatic heterocycles. The number of ether oxygens (including phenoxy) is 1. The topological polar surface area (TPSA) is 66.7 Å². The Morgan fingerprint density at radius 1 is 1.37 bits per heavy atom. The Bertz CT molecular complexity index is 667. The highest BCUT2D eigenvalue weighted by molar-refractivity contribution is 5.80. The minimum Gasteiger partial charge on any atom is -0.378 e. The van der Waals surface area contributed by atoms with Gasteiger partial charge in [0.1, 0.15) is 0 Å². The molecule has 1 aromatic heterocycles. The zero-order valence-electron chi connectivity index (χ0n) is 16.9. The molecule has 1 aromatic rings. The molecule has 1 saturated heterocycles. The van der Waals surface area contributed by atoms with E-state index in [0.29, 0.717) is 23.6 Å². The summed E-state index contributed by atoms with van der Waals surface area (Å²) < 4.78 is 7.85. The Morgan fingerprint density at radius 2 is 2.22 bits per heavy atom. The average molecular weight is 375 g/mol. The fourth-order valence-electron chi connectivity index (χ4n) is 5.07. The van der Waals surface area contributed by atoms with Gasteiger partial charge in [0.25, 0.3) is 0 Å². The van der Waals surface area contributed by atoms with Crippen molar-refractivity contribution < 1.29 is 4.74 Å². The molecule has 3 unspecified atom stereocenters. The summed E-state index contributed by atoms with van der Waals surface area (Å²) in [6, 6.07) is 0.900. The van der Waals surface area contributed by atoms with Crippen molar-refractivity contribution in [1.82, 2.24) is 20.4 Å². The lowest BCUT2D eigenvalue weighted by molar-refractivity contribution is -0.168. The van der Waals surface area contributed by atoms with Gasteiger partial charge in [0.05, 0.1) is 18.0 Å². The van der Waals surface area contributed by atoms with Gasteiger partial charge in [-0.2, -0.15) is 5.10 Å². The van der Waals surface area contributed by atoms with E-state index in [1.54, 1.807) is 0 Å². The van der Waals surface area contributed by atoms with E-state index in [-0.39, 0.29) is 0 Å². The Kier molecular flexibility index (Phi) is 5.30. The van der Waals surface area contributed by atoms with E-state index >= 15 is 0 Å². The maximum absolute atomic E-state index is 5.98. The number of hydrogen-bond acceptors (Lipinski definition) is 4. The zero-order valence-corrected chi connectivity index (χ0v) is 16.9. The number of aliphatic imine (C=N–C) groups is 1. The molecule has 3 atom stereocenters. The fourth-order valence-corrected chi connectivity index (χ4v) is 5.07. The quantitative estimate of drug-likeness (QED) is 0.609. The van der Waals surface area contributed by atoms with Crippen molar-refractivity contribution in [2.45, 2.75) is 63.6 Å². The molecule has 150 valence electrons. The summed E-state index contributed by atoms with van der Waals surface area (Å²) in [5, 5.41) is 11.7. The van der Waals surface area contributed by atoms with Crippen LogP contribution in [0.4, 0.5) is 5.69 Å². The molecule has 3 fully saturated rings. The van der Waals surface area contributed by atoms with Crippen molar-refractivity contribution in [2.24, 2.45) is 17.5 Å². The lowest BCUT2D eigenvalue weighted by atomic mass is 9.51.